The van der Waals surface area contributed by atoms with Gasteiger partial charge < -0.3 is 9.73 Å². The van der Waals surface area contributed by atoms with Gasteiger partial charge in [0.05, 0.1) is 6.42 Å². The number of allylic oxidation sites excluding steroid dienone is 1. The quantitative estimate of drug-likeness (QED) is 0.866. The Hall–Kier alpha value is -1.91. The number of carbonyl (C=O) groups excluding carboxylic acids is 2. The van der Waals surface area contributed by atoms with Crippen molar-refractivity contribution in [3.8, 4) is 0 Å². The van der Waals surface area contributed by atoms with Gasteiger partial charge in [-0.2, -0.15) is 0 Å². The summed E-state index contributed by atoms with van der Waals surface area (Å²) in [7, 11) is 0. The number of nitrogens with zero attached hydrogens (tertiary/aromatic N) is 1. The van der Waals surface area contributed by atoms with Crippen LogP contribution in [0.25, 0.3) is 6.08 Å². The number of aromatic nitrogens is 1. The molecule has 18 heavy (non-hydrogen) atoms. The van der Waals surface area contributed by atoms with E-state index in [1.54, 1.807) is 6.08 Å². The van der Waals surface area contributed by atoms with Crippen LogP contribution < -0.4 is 5.32 Å². The first kappa shape index (κ1) is 12.5. The molecule has 0 unspecified atom stereocenters. The minimum atomic E-state index is -0.0247. The number of hydrogen-bond acceptors (Lipinski definition) is 4. The lowest BCUT2D eigenvalue weighted by atomic mass is 10.1. The molecule has 0 spiro atoms. The highest BCUT2D eigenvalue weighted by Gasteiger charge is 2.17. The maximum Gasteiger partial charge on any atom is 0.222 e. The van der Waals surface area contributed by atoms with Gasteiger partial charge in [-0.25, -0.2) is 4.98 Å². The molecule has 0 bridgehead atoms. The summed E-state index contributed by atoms with van der Waals surface area (Å²) in [5.74, 6) is 1.19. The van der Waals surface area contributed by atoms with E-state index in [0.717, 1.165) is 5.69 Å². The molecule has 0 atom stereocenters. The molecule has 0 aromatic carbocycles. The van der Waals surface area contributed by atoms with E-state index in [0.29, 0.717) is 24.6 Å². The summed E-state index contributed by atoms with van der Waals surface area (Å²) in [6, 6.07) is 0. The highest BCUT2D eigenvalue weighted by Crippen LogP contribution is 2.18. The highest BCUT2D eigenvalue weighted by atomic mass is 16.4. The van der Waals surface area contributed by atoms with Gasteiger partial charge >= 0.3 is 0 Å². The van der Waals surface area contributed by atoms with Gasteiger partial charge in [0.25, 0.3) is 0 Å². The highest BCUT2D eigenvalue weighted by molar-refractivity contribution is 5.97. The Kier molecular flexibility index (Phi) is 3.60. The molecule has 1 N–H and O–H groups in total. The zero-order chi connectivity index (χ0) is 13.1. The van der Waals surface area contributed by atoms with Crippen molar-refractivity contribution in [2.24, 2.45) is 5.92 Å². The van der Waals surface area contributed by atoms with Gasteiger partial charge in [0.1, 0.15) is 11.5 Å². The number of rotatable bonds is 4. The van der Waals surface area contributed by atoms with Crippen LogP contribution in [0.4, 0.5) is 0 Å². The van der Waals surface area contributed by atoms with Crippen molar-refractivity contribution >= 4 is 17.8 Å². The van der Waals surface area contributed by atoms with Crippen LogP contribution in [-0.2, 0) is 22.4 Å². The van der Waals surface area contributed by atoms with E-state index < -0.39 is 0 Å². The van der Waals surface area contributed by atoms with Gasteiger partial charge in [-0.15, -0.1) is 0 Å². The van der Waals surface area contributed by atoms with Gasteiger partial charge in [-0.05, 0) is 12.2 Å². The second-order valence-corrected chi connectivity index (χ2v) is 4.59. The molecule has 1 amide bonds. The first-order valence-corrected chi connectivity index (χ1v) is 6.03. The van der Waals surface area contributed by atoms with Crippen LogP contribution in [0.15, 0.2) is 10.5 Å². The predicted molar refractivity (Wildman–Crippen MR) is 65.8 cm³/mol. The summed E-state index contributed by atoms with van der Waals surface area (Å²) in [5, 5.41) is 2.80. The summed E-state index contributed by atoms with van der Waals surface area (Å²) in [6.45, 7) is 4.18. The number of fused-ring (bicyclic) bond motifs is 1. The monoisotopic (exact) mass is 248 g/mol. The van der Waals surface area contributed by atoms with Crippen LogP contribution in [0.5, 0.6) is 0 Å². The lowest BCUT2D eigenvalue weighted by Crippen LogP contribution is -2.29. The molecule has 5 heteroatoms. The number of nitrogens with one attached hydrogen (secondary N) is 1. The van der Waals surface area contributed by atoms with Crippen molar-refractivity contribution < 1.29 is 14.0 Å². The molecule has 1 aliphatic rings. The average molecular weight is 248 g/mol. The predicted octanol–water partition coefficient (Wildman–Crippen LogP) is 1.13. The zero-order valence-corrected chi connectivity index (χ0v) is 10.5. The molecule has 0 fully saturated rings. The van der Waals surface area contributed by atoms with Crippen LogP contribution in [0.2, 0.25) is 0 Å². The summed E-state index contributed by atoms with van der Waals surface area (Å²) in [5.41, 5.74) is 0.722. The van der Waals surface area contributed by atoms with E-state index in [2.05, 4.69) is 10.3 Å². The lowest BCUT2D eigenvalue weighted by Gasteiger charge is -2.05. The molecule has 0 aliphatic heterocycles. The standard InChI is InChI=1S/C13H16N2O3/c1-8(2)13(17)14-6-5-12-15-10-4-3-9(16)7-11(10)18-12/h3-4,8H,5-7H2,1-2H3,(H,14,17). The van der Waals surface area contributed by atoms with Crippen LogP contribution >= 0.6 is 0 Å². The molecule has 0 radical (unpaired) electrons. The third-order valence-corrected chi connectivity index (χ3v) is 2.70. The number of ketones is 1. The van der Waals surface area contributed by atoms with E-state index >= 15 is 0 Å². The summed E-state index contributed by atoms with van der Waals surface area (Å²) in [6.07, 6.45) is 3.99. The minimum absolute atomic E-state index is 0.0152. The fourth-order valence-electron chi connectivity index (χ4n) is 1.66. The number of oxazole rings is 1. The van der Waals surface area contributed by atoms with Crippen molar-refractivity contribution in [2.75, 3.05) is 6.54 Å². The van der Waals surface area contributed by atoms with Crippen LogP contribution in [0.1, 0.15) is 31.2 Å². The molecule has 2 rings (SSSR count). The maximum atomic E-state index is 11.4. The Balaban J connectivity index is 1.90. The molecular formula is C13H16N2O3. The topological polar surface area (TPSA) is 72.2 Å². The van der Waals surface area contributed by atoms with Gasteiger partial charge in [0, 0.05) is 18.9 Å². The van der Waals surface area contributed by atoms with Crippen molar-refractivity contribution in [2.45, 2.75) is 26.7 Å². The number of carbonyl (C=O) groups is 2. The molecule has 5 nitrogen and oxygen atoms in total. The number of hydrogen-bond donors (Lipinski definition) is 1. The first-order valence-electron chi connectivity index (χ1n) is 6.03. The largest absolute Gasteiger partial charge is 0.445 e. The van der Waals surface area contributed by atoms with E-state index in [1.807, 2.05) is 13.8 Å². The van der Waals surface area contributed by atoms with E-state index in [4.69, 9.17) is 4.42 Å². The van der Waals surface area contributed by atoms with Crippen molar-refractivity contribution in [1.82, 2.24) is 10.3 Å². The molecule has 0 saturated carbocycles. The Morgan fingerprint density at radius 2 is 2.28 bits per heavy atom. The Morgan fingerprint density at radius 3 is 3.00 bits per heavy atom. The summed E-state index contributed by atoms with van der Waals surface area (Å²) < 4.78 is 5.48. The van der Waals surface area contributed by atoms with Crippen LogP contribution in [-0.4, -0.2) is 23.2 Å². The molecule has 0 saturated heterocycles. The lowest BCUT2D eigenvalue weighted by molar-refractivity contribution is -0.124. The van der Waals surface area contributed by atoms with Crippen molar-refractivity contribution in [3.05, 3.63) is 23.4 Å². The minimum Gasteiger partial charge on any atom is -0.445 e. The van der Waals surface area contributed by atoms with Gasteiger partial charge in [0.15, 0.2) is 11.7 Å². The zero-order valence-electron chi connectivity index (χ0n) is 10.5. The normalized spacial score (nSPS) is 13.8. The summed E-state index contributed by atoms with van der Waals surface area (Å²) in [4.78, 5) is 26.8. The molecule has 96 valence electrons. The Morgan fingerprint density at radius 1 is 1.50 bits per heavy atom. The van der Waals surface area contributed by atoms with Crippen molar-refractivity contribution in [1.29, 1.82) is 0 Å². The summed E-state index contributed by atoms with van der Waals surface area (Å²) >= 11 is 0. The van der Waals surface area contributed by atoms with Crippen LogP contribution in [0, 0.1) is 5.92 Å². The Bertz CT molecular complexity index is 500. The van der Waals surface area contributed by atoms with Crippen LogP contribution in [0.3, 0.4) is 0 Å². The maximum absolute atomic E-state index is 11.4. The Labute approximate surface area is 105 Å². The fraction of sp³-hybridized carbons (Fsp3) is 0.462. The smallest absolute Gasteiger partial charge is 0.222 e. The van der Waals surface area contributed by atoms with E-state index in [1.165, 1.54) is 6.08 Å². The second kappa shape index (κ2) is 5.16. The fourth-order valence-corrected chi connectivity index (χ4v) is 1.66. The second-order valence-electron chi connectivity index (χ2n) is 4.59. The molecule has 1 aromatic rings. The van der Waals surface area contributed by atoms with Crippen molar-refractivity contribution in [3.63, 3.8) is 0 Å². The third-order valence-electron chi connectivity index (χ3n) is 2.70. The van der Waals surface area contributed by atoms with Gasteiger partial charge in [0.2, 0.25) is 5.91 Å². The molecular weight excluding hydrogens is 232 g/mol. The average Bonchev–Trinajstić information content (AvgIpc) is 2.70. The van der Waals surface area contributed by atoms with Gasteiger partial charge in [-0.3, -0.25) is 9.59 Å². The SMILES string of the molecule is CC(C)C(=O)NCCc1nc2c(o1)CC(=O)C=C2. The first-order chi connectivity index (χ1) is 8.56. The molecule has 1 aliphatic carbocycles. The van der Waals surface area contributed by atoms with E-state index in [-0.39, 0.29) is 24.0 Å². The number of amides is 1. The molecule has 1 aromatic heterocycles. The third kappa shape index (κ3) is 2.85. The van der Waals surface area contributed by atoms with Gasteiger partial charge in [-0.1, -0.05) is 13.8 Å². The molecule has 1 heterocycles. The van der Waals surface area contributed by atoms with E-state index in [9.17, 15) is 9.59 Å².